The molecule has 0 spiro atoms. The summed E-state index contributed by atoms with van der Waals surface area (Å²) in [6.45, 7) is 5.75. The van der Waals surface area contributed by atoms with E-state index in [1.807, 2.05) is 94.4 Å². The van der Waals surface area contributed by atoms with E-state index in [2.05, 4.69) is 46.3 Å². The molecule has 11 heteroatoms. The largest absolute Gasteiger partial charge is 0.737 e. The normalized spacial score (nSPS) is 18.2. The van der Waals surface area contributed by atoms with E-state index in [1.54, 1.807) is 27.7 Å². The number of hydrogen-bond donors (Lipinski definition) is 0. The number of hydrogen-bond acceptors (Lipinski definition) is 0. The van der Waals surface area contributed by atoms with Gasteiger partial charge in [0.25, 0.3) is 0 Å². The Bertz CT molecular complexity index is 2700. The van der Waals surface area contributed by atoms with E-state index in [1.165, 1.54) is 8.96 Å². The average Bonchev–Trinajstić information content (AvgIpc) is 3.74. The highest BCUT2D eigenvalue weighted by atomic mass is 127. The Labute approximate surface area is 320 Å². The highest BCUT2D eigenvalue weighted by Gasteiger charge is 2.58. The molecule has 0 bridgehead atoms. The lowest BCUT2D eigenvalue weighted by molar-refractivity contribution is -0.364. The van der Waals surface area contributed by atoms with E-state index < -0.39 is 13.9 Å². The van der Waals surface area contributed by atoms with Gasteiger partial charge in [0, 0.05) is 40.0 Å². The van der Waals surface area contributed by atoms with Crippen molar-refractivity contribution in [3.05, 3.63) is 149 Å². The fourth-order valence-electron chi connectivity index (χ4n) is 8.94. The van der Waals surface area contributed by atoms with Crippen LogP contribution in [0.4, 0.5) is 17.3 Å². The molecule has 0 N–H and O–H groups in total. The standard InChI is InChI=1S/C42H35B2F4IN4/c1-24-23-25(2)50-39(24)36(32-17-11-9-12-18-32)40-26(3)34(29(6)51(40)43(50,45)46)21-15-16-22-35-27(4)41-37(33-19-13-10-14-20-33)42-28(5)38(49)31(8)53(42)44(47,48)52(41)30(35)7/h9-14,17-20,23H,1-8H3. The van der Waals surface area contributed by atoms with Crippen LogP contribution in [0, 0.1) is 54.9 Å². The molecule has 4 nitrogen and oxygen atoms in total. The highest BCUT2D eigenvalue weighted by Crippen LogP contribution is 2.48. The summed E-state index contributed by atoms with van der Waals surface area (Å²) in [6.07, 6.45) is 0. The molecule has 53 heavy (non-hydrogen) atoms. The molecular formula is C42H35B2F4IN4. The summed E-state index contributed by atoms with van der Waals surface area (Å²) in [4.78, 5) is 0. The van der Waals surface area contributed by atoms with Gasteiger partial charge in [0.1, 0.15) is 11.4 Å². The van der Waals surface area contributed by atoms with Crippen LogP contribution in [-0.2, 0) is 0 Å². The summed E-state index contributed by atoms with van der Waals surface area (Å²) in [5.74, 6) is 12.0. The maximum Gasteiger partial charge on any atom is 0.737 e. The van der Waals surface area contributed by atoms with Gasteiger partial charge in [0.05, 0.1) is 22.3 Å². The molecule has 0 unspecified atom stereocenters. The highest BCUT2D eigenvalue weighted by molar-refractivity contribution is 14.1. The quantitative estimate of drug-likeness (QED) is 0.0830. The predicted octanol–water partition coefficient (Wildman–Crippen LogP) is 9.43. The Morgan fingerprint density at radius 2 is 1.04 bits per heavy atom. The topological polar surface area (TPSA) is 15.9 Å². The summed E-state index contributed by atoms with van der Waals surface area (Å²) >= 11 is 2.16. The molecule has 4 aromatic rings. The summed E-state index contributed by atoms with van der Waals surface area (Å²) in [6, 6.07) is 21.0. The van der Waals surface area contributed by atoms with Gasteiger partial charge in [0.15, 0.2) is 11.4 Å². The van der Waals surface area contributed by atoms with E-state index in [0.717, 1.165) is 45.9 Å². The minimum Gasteiger partial charge on any atom is -0.393 e. The second kappa shape index (κ2) is 12.0. The maximum absolute atomic E-state index is 16.8. The van der Waals surface area contributed by atoms with Crippen molar-refractivity contribution in [2.75, 3.05) is 0 Å². The van der Waals surface area contributed by atoms with Gasteiger partial charge in [-0.25, -0.2) is 0 Å². The SMILES string of the molecule is CC1=C(C#CC#CC2=C(C)C3=C(c4ccccc4)c4c(C)c(I)c(C)n4[B-](F)(F)[N+]3=C2C)C(C)=[N+]2C1=C(c1ccccc1)c1c(C)cc(C)n1[B-]2(F)F. The molecule has 0 amide bonds. The lowest BCUT2D eigenvalue weighted by Crippen LogP contribution is -2.51. The first kappa shape index (κ1) is 35.1. The summed E-state index contributed by atoms with van der Waals surface area (Å²) in [5, 5.41) is 0. The van der Waals surface area contributed by atoms with Crippen LogP contribution in [0.25, 0.3) is 11.1 Å². The summed E-state index contributed by atoms with van der Waals surface area (Å²) in [5.41, 5.74) is 10.6. The molecule has 264 valence electrons. The zero-order chi connectivity index (χ0) is 37.9. The third-order valence-electron chi connectivity index (χ3n) is 11.2. The minimum atomic E-state index is -4.25. The van der Waals surface area contributed by atoms with Crippen molar-refractivity contribution in [3.8, 4) is 23.7 Å². The zero-order valence-electron chi connectivity index (χ0n) is 30.7. The molecule has 4 aliphatic heterocycles. The average molecular weight is 820 g/mol. The van der Waals surface area contributed by atoms with Gasteiger partial charge < -0.3 is 35.2 Å². The fraction of sp³-hybridized carbons (Fsp3) is 0.190. The second-order valence-electron chi connectivity index (χ2n) is 14.2. The molecule has 4 aliphatic rings. The third-order valence-corrected chi connectivity index (χ3v) is 12.8. The first-order valence-electron chi connectivity index (χ1n) is 17.5. The van der Waals surface area contributed by atoms with E-state index >= 15 is 17.3 Å². The number of fused-ring (bicyclic) bond motifs is 4. The van der Waals surface area contributed by atoms with Crippen LogP contribution in [0.3, 0.4) is 0 Å². The number of rotatable bonds is 2. The van der Waals surface area contributed by atoms with Crippen molar-refractivity contribution in [1.29, 1.82) is 0 Å². The Hall–Kier alpha value is -5.00. The third kappa shape index (κ3) is 4.72. The molecular weight excluding hydrogens is 785 g/mol. The monoisotopic (exact) mass is 820 g/mol. The first-order chi connectivity index (χ1) is 25.1. The van der Waals surface area contributed by atoms with E-state index in [4.69, 9.17) is 0 Å². The Morgan fingerprint density at radius 3 is 1.51 bits per heavy atom. The summed E-state index contributed by atoms with van der Waals surface area (Å²) < 4.78 is 72.3. The Morgan fingerprint density at radius 1 is 0.604 bits per heavy atom. The number of aryl methyl sites for hydroxylation is 2. The number of nitrogens with zero attached hydrogens (tertiary/aromatic N) is 4. The van der Waals surface area contributed by atoms with Crippen molar-refractivity contribution < 1.29 is 26.2 Å². The van der Waals surface area contributed by atoms with Crippen molar-refractivity contribution in [2.45, 2.75) is 55.4 Å². The van der Waals surface area contributed by atoms with Crippen molar-refractivity contribution in [2.24, 2.45) is 0 Å². The number of aromatic nitrogens is 2. The molecule has 0 radical (unpaired) electrons. The minimum absolute atomic E-state index is 0.347. The van der Waals surface area contributed by atoms with Gasteiger partial charge in [-0.15, -0.1) is 0 Å². The Balaban J connectivity index is 1.29. The molecule has 0 saturated heterocycles. The zero-order valence-corrected chi connectivity index (χ0v) is 32.8. The van der Waals surface area contributed by atoms with Crippen molar-refractivity contribution >= 4 is 59.1 Å². The molecule has 0 atom stereocenters. The molecule has 8 rings (SSSR count). The number of halogens is 5. The fourth-order valence-corrected chi connectivity index (χ4v) is 9.45. The molecule has 0 fully saturated rings. The molecule has 6 heterocycles. The first-order valence-corrected chi connectivity index (χ1v) is 18.6. The van der Waals surface area contributed by atoms with Crippen LogP contribution in [0.15, 0.2) is 100 Å². The van der Waals surface area contributed by atoms with Crippen LogP contribution in [-0.4, -0.2) is 43.3 Å². The van der Waals surface area contributed by atoms with Crippen LogP contribution in [0.1, 0.15) is 72.7 Å². The lowest BCUT2D eigenvalue weighted by atomic mass is 9.84. The lowest BCUT2D eigenvalue weighted by Gasteiger charge is -2.34. The maximum atomic E-state index is 16.8. The van der Waals surface area contributed by atoms with E-state index in [-0.39, 0.29) is 0 Å². The smallest absolute Gasteiger partial charge is 0.393 e. The van der Waals surface area contributed by atoms with Crippen molar-refractivity contribution in [1.82, 2.24) is 8.96 Å². The Kier molecular flexibility index (Phi) is 7.94. The van der Waals surface area contributed by atoms with Gasteiger partial charge in [-0.05, 0) is 128 Å². The number of allylic oxidation sites excluding steroid dienone is 4. The van der Waals surface area contributed by atoms with Crippen LogP contribution in [0.2, 0.25) is 0 Å². The van der Waals surface area contributed by atoms with Gasteiger partial charge in [-0.2, -0.15) is 0 Å². The van der Waals surface area contributed by atoms with E-state index in [9.17, 15) is 0 Å². The van der Waals surface area contributed by atoms with Crippen molar-refractivity contribution in [3.63, 3.8) is 0 Å². The molecule has 0 saturated carbocycles. The molecule has 2 aromatic heterocycles. The predicted molar refractivity (Wildman–Crippen MR) is 215 cm³/mol. The van der Waals surface area contributed by atoms with Gasteiger partial charge in [-0.1, -0.05) is 60.7 Å². The second-order valence-corrected chi connectivity index (χ2v) is 15.3. The summed E-state index contributed by atoms with van der Waals surface area (Å²) in [7, 11) is 0. The van der Waals surface area contributed by atoms with E-state index in [0.29, 0.717) is 67.9 Å². The molecule has 0 aliphatic carbocycles. The van der Waals surface area contributed by atoms with Gasteiger partial charge in [-0.3, -0.25) is 0 Å². The molecule has 2 aromatic carbocycles. The van der Waals surface area contributed by atoms with Gasteiger partial charge >= 0.3 is 13.9 Å². The van der Waals surface area contributed by atoms with Crippen LogP contribution in [0.5, 0.6) is 0 Å². The van der Waals surface area contributed by atoms with Gasteiger partial charge in [0.2, 0.25) is 0 Å². The number of benzene rings is 2. The van der Waals surface area contributed by atoms with Crippen LogP contribution >= 0.6 is 22.6 Å². The van der Waals surface area contributed by atoms with Crippen LogP contribution < -0.4 is 0 Å².